The first-order valence-electron chi connectivity index (χ1n) is 12.0. The zero-order valence-electron chi connectivity index (χ0n) is 21.8. The highest BCUT2D eigenvalue weighted by Crippen LogP contribution is 2.29. The molecule has 0 radical (unpaired) electrons. The molecule has 0 fully saturated rings. The SMILES string of the molecule is [2H]C([2H])([2H])n1cnc(Cn2c(=O)nc(Nc3cc4cn(C)nc4cc3Cl)n(Cc3cc(F)cc(F)c3F)c2=O)n1. The summed E-state index contributed by atoms with van der Waals surface area (Å²) in [6.45, 7) is -4.01. The van der Waals surface area contributed by atoms with Gasteiger partial charge in [0.25, 0.3) is 0 Å². The molecule has 3 heterocycles. The second-order valence-electron chi connectivity index (χ2n) is 7.96. The monoisotopic (exact) mass is 534 g/mol. The molecule has 11 nitrogen and oxygen atoms in total. The van der Waals surface area contributed by atoms with Crippen molar-refractivity contribution < 1.29 is 17.3 Å². The van der Waals surface area contributed by atoms with Crippen molar-refractivity contribution in [1.29, 1.82) is 0 Å². The van der Waals surface area contributed by atoms with Crippen LogP contribution in [0.2, 0.25) is 5.02 Å². The minimum atomic E-state index is -2.66. The second kappa shape index (κ2) is 9.20. The molecule has 0 bridgehead atoms. The van der Waals surface area contributed by atoms with Crippen molar-refractivity contribution in [1.82, 2.24) is 38.7 Å². The lowest BCUT2D eigenvalue weighted by molar-refractivity contribution is 0.477. The van der Waals surface area contributed by atoms with Gasteiger partial charge in [0, 0.05) is 41.3 Å². The molecule has 0 saturated carbocycles. The zero-order valence-corrected chi connectivity index (χ0v) is 19.5. The average molecular weight is 535 g/mol. The standard InChI is InChI=1S/C22H17ClF3N9O2/c1-32-7-11-4-17(14(23)6-16(11)30-32)28-20-29-21(36)35(9-18-27-10-33(2)31-18)22(37)34(20)8-12-3-13(24)5-15(25)19(12)26/h3-7,10H,8-9H2,1-2H3,(H,28,29,36)/i2D3. The summed E-state index contributed by atoms with van der Waals surface area (Å²) in [5.74, 6) is -4.62. The Hall–Kier alpha value is -4.46. The third-order valence-electron chi connectivity index (χ3n) is 5.34. The van der Waals surface area contributed by atoms with E-state index in [1.54, 1.807) is 24.0 Å². The van der Waals surface area contributed by atoms with Crippen LogP contribution >= 0.6 is 11.6 Å². The number of benzene rings is 2. The average Bonchev–Trinajstić information content (AvgIpc) is 3.48. The molecule has 190 valence electrons. The molecule has 37 heavy (non-hydrogen) atoms. The maximum absolute atomic E-state index is 14.6. The van der Waals surface area contributed by atoms with E-state index >= 15 is 0 Å². The minimum absolute atomic E-state index is 0.138. The molecule has 0 amide bonds. The van der Waals surface area contributed by atoms with Gasteiger partial charge >= 0.3 is 11.4 Å². The van der Waals surface area contributed by atoms with Crippen LogP contribution in [-0.2, 0) is 27.1 Å². The van der Waals surface area contributed by atoms with Gasteiger partial charge in [0.1, 0.15) is 12.1 Å². The normalized spacial score (nSPS) is 12.9. The van der Waals surface area contributed by atoms with E-state index in [-0.39, 0.29) is 16.5 Å². The van der Waals surface area contributed by atoms with E-state index in [0.717, 1.165) is 10.9 Å². The Morgan fingerprint density at radius 2 is 1.86 bits per heavy atom. The van der Waals surface area contributed by atoms with Gasteiger partial charge in [-0.25, -0.2) is 32.3 Å². The number of hydrogen-bond donors (Lipinski definition) is 1. The molecule has 2 aromatic carbocycles. The molecule has 3 aromatic heterocycles. The van der Waals surface area contributed by atoms with Crippen molar-refractivity contribution in [3.63, 3.8) is 0 Å². The molecular formula is C22H17ClF3N9O2. The quantitative estimate of drug-likeness (QED) is 0.332. The van der Waals surface area contributed by atoms with E-state index in [1.807, 2.05) is 0 Å². The molecule has 5 aromatic rings. The first-order valence-corrected chi connectivity index (χ1v) is 10.8. The number of nitrogens with one attached hydrogen (secondary N) is 1. The maximum atomic E-state index is 14.6. The summed E-state index contributed by atoms with van der Waals surface area (Å²) in [4.78, 5) is 34.1. The molecule has 0 saturated heterocycles. The number of aromatic nitrogens is 8. The van der Waals surface area contributed by atoms with Gasteiger partial charge < -0.3 is 5.32 Å². The molecule has 0 unspecified atom stereocenters. The highest BCUT2D eigenvalue weighted by molar-refractivity contribution is 6.34. The summed E-state index contributed by atoms with van der Waals surface area (Å²) in [5, 5.41) is 11.5. The van der Waals surface area contributed by atoms with E-state index in [9.17, 15) is 22.8 Å². The summed E-state index contributed by atoms with van der Waals surface area (Å²) >= 11 is 6.36. The Labute approximate surface area is 214 Å². The van der Waals surface area contributed by atoms with E-state index in [4.69, 9.17) is 15.7 Å². The Balaban J connectivity index is 1.63. The topological polar surface area (TPSA) is 117 Å². The van der Waals surface area contributed by atoms with Crippen molar-refractivity contribution in [2.45, 2.75) is 13.1 Å². The molecule has 0 spiro atoms. The Morgan fingerprint density at radius 1 is 1.05 bits per heavy atom. The van der Waals surface area contributed by atoms with Crippen LogP contribution in [0.3, 0.4) is 0 Å². The van der Waals surface area contributed by atoms with Gasteiger partial charge in [-0.15, -0.1) is 0 Å². The molecule has 0 atom stereocenters. The Kier molecular flexibility index (Phi) is 5.15. The number of nitrogens with zero attached hydrogens (tertiary/aromatic N) is 8. The first kappa shape index (κ1) is 20.7. The number of halogens is 4. The fourth-order valence-electron chi connectivity index (χ4n) is 3.69. The molecule has 5 rings (SSSR count). The number of rotatable bonds is 6. The molecule has 0 aliphatic carbocycles. The minimum Gasteiger partial charge on any atom is -0.324 e. The van der Waals surface area contributed by atoms with Gasteiger partial charge in [-0.3, -0.25) is 13.9 Å². The lowest BCUT2D eigenvalue weighted by atomic mass is 10.2. The Morgan fingerprint density at radius 3 is 2.62 bits per heavy atom. The number of anilines is 2. The molecular weight excluding hydrogens is 515 g/mol. The lowest BCUT2D eigenvalue weighted by Crippen LogP contribution is -2.43. The van der Waals surface area contributed by atoms with Crippen molar-refractivity contribution in [3.05, 3.63) is 91.6 Å². The first-order chi connectivity index (χ1) is 18.8. The van der Waals surface area contributed by atoms with Crippen LogP contribution in [0.25, 0.3) is 10.9 Å². The summed E-state index contributed by atoms with van der Waals surface area (Å²) in [7, 11) is 1.70. The number of aryl methyl sites for hydroxylation is 2. The third-order valence-corrected chi connectivity index (χ3v) is 5.65. The van der Waals surface area contributed by atoms with E-state index in [1.165, 1.54) is 6.07 Å². The van der Waals surface area contributed by atoms with Gasteiger partial charge in [-0.05, 0) is 18.2 Å². The summed E-state index contributed by atoms with van der Waals surface area (Å²) in [6.07, 6.45) is 2.59. The van der Waals surface area contributed by atoms with Gasteiger partial charge in [0.15, 0.2) is 17.5 Å². The number of fused-ring (bicyclic) bond motifs is 1. The summed E-state index contributed by atoms with van der Waals surface area (Å²) in [6, 6.07) is 4.13. The van der Waals surface area contributed by atoms with Crippen molar-refractivity contribution >= 4 is 34.1 Å². The molecule has 15 heteroatoms. The molecule has 0 aliphatic heterocycles. The largest absolute Gasteiger partial charge is 0.355 e. The smallest absolute Gasteiger partial charge is 0.324 e. The van der Waals surface area contributed by atoms with E-state index < -0.39 is 60.4 Å². The van der Waals surface area contributed by atoms with Crippen molar-refractivity contribution in [3.8, 4) is 0 Å². The van der Waals surface area contributed by atoms with E-state index in [0.29, 0.717) is 32.3 Å². The second-order valence-corrected chi connectivity index (χ2v) is 8.36. The zero-order chi connectivity index (χ0) is 28.9. The van der Waals surface area contributed by atoms with Crippen molar-refractivity contribution in [2.24, 2.45) is 14.0 Å². The van der Waals surface area contributed by atoms with Crippen LogP contribution in [0.5, 0.6) is 0 Å². The van der Waals surface area contributed by atoms with Crippen LogP contribution in [0.15, 0.2) is 46.4 Å². The van der Waals surface area contributed by atoms with Gasteiger partial charge in [0.05, 0.1) is 29.3 Å². The predicted octanol–water partition coefficient (Wildman–Crippen LogP) is 2.33. The van der Waals surface area contributed by atoms with Crippen LogP contribution in [-0.4, -0.2) is 38.7 Å². The highest BCUT2D eigenvalue weighted by atomic mass is 35.5. The van der Waals surface area contributed by atoms with Gasteiger partial charge in [-0.2, -0.15) is 15.2 Å². The van der Waals surface area contributed by atoms with Gasteiger partial charge in [0.2, 0.25) is 5.95 Å². The fraction of sp³-hybridized carbons (Fsp3) is 0.182. The van der Waals surface area contributed by atoms with E-state index in [2.05, 4.69) is 25.5 Å². The van der Waals surface area contributed by atoms with Crippen LogP contribution in [0, 0.1) is 17.5 Å². The fourth-order valence-corrected chi connectivity index (χ4v) is 3.90. The number of hydrogen-bond acceptors (Lipinski definition) is 7. The summed E-state index contributed by atoms with van der Waals surface area (Å²) in [5.41, 5.74) is -1.98. The third kappa shape index (κ3) is 4.70. The highest BCUT2D eigenvalue weighted by Gasteiger charge is 2.20. The predicted molar refractivity (Wildman–Crippen MR) is 127 cm³/mol. The lowest BCUT2D eigenvalue weighted by Gasteiger charge is -2.16. The summed E-state index contributed by atoms with van der Waals surface area (Å²) < 4.78 is 68.1. The maximum Gasteiger partial charge on any atom is 0.355 e. The van der Waals surface area contributed by atoms with Gasteiger partial charge in [-0.1, -0.05) is 11.6 Å². The Bertz CT molecular complexity index is 1900. The molecule has 0 aliphatic rings. The molecule has 1 N–H and O–H groups in total. The van der Waals surface area contributed by atoms with Crippen LogP contribution < -0.4 is 16.7 Å². The van der Waals surface area contributed by atoms with Crippen LogP contribution in [0.1, 0.15) is 15.5 Å². The van der Waals surface area contributed by atoms with Crippen LogP contribution in [0.4, 0.5) is 24.8 Å². The van der Waals surface area contributed by atoms with Crippen molar-refractivity contribution in [2.75, 3.05) is 5.32 Å².